The van der Waals surface area contributed by atoms with Crippen molar-refractivity contribution in [3.05, 3.63) is 35.4 Å². The van der Waals surface area contributed by atoms with Crippen LogP contribution in [0.25, 0.3) is 0 Å². The van der Waals surface area contributed by atoms with Gasteiger partial charge in [-0.15, -0.1) is 0 Å². The lowest BCUT2D eigenvalue weighted by molar-refractivity contribution is 0.0488. The van der Waals surface area contributed by atoms with Crippen LogP contribution in [-0.2, 0) is 11.2 Å². The number of rotatable bonds is 5. The van der Waals surface area contributed by atoms with Gasteiger partial charge < -0.3 is 4.74 Å². The van der Waals surface area contributed by atoms with Crippen molar-refractivity contribution in [3.8, 4) is 0 Å². The van der Waals surface area contributed by atoms with E-state index < -0.39 is 0 Å². The Kier molecular flexibility index (Phi) is 5.03. The van der Waals surface area contributed by atoms with Crippen LogP contribution < -0.4 is 0 Å². The first-order valence-corrected chi connectivity index (χ1v) is 5.89. The van der Waals surface area contributed by atoms with E-state index in [-0.39, 0.29) is 5.97 Å². The van der Waals surface area contributed by atoms with E-state index in [1.165, 1.54) is 5.56 Å². The molecule has 0 aromatic heterocycles. The smallest absolute Gasteiger partial charge is 0.338 e. The maximum absolute atomic E-state index is 11.6. The third-order valence-corrected chi connectivity index (χ3v) is 2.53. The maximum Gasteiger partial charge on any atom is 0.338 e. The molecule has 0 N–H and O–H groups in total. The quantitative estimate of drug-likeness (QED) is 0.710. The molecule has 88 valence electrons. The Morgan fingerprint density at radius 1 is 1.25 bits per heavy atom. The third kappa shape index (κ3) is 4.05. The summed E-state index contributed by atoms with van der Waals surface area (Å²) >= 11 is 0. The second-order valence-electron chi connectivity index (χ2n) is 4.37. The second-order valence-corrected chi connectivity index (χ2v) is 4.37. The Labute approximate surface area is 97.6 Å². The number of aryl methyl sites for hydroxylation is 1. The van der Waals surface area contributed by atoms with Gasteiger partial charge in [0, 0.05) is 0 Å². The Morgan fingerprint density at radius 2 is 1.88 bits per heavy atom. The molecule has 1 aromatic rings. The number of ether oxygens (including phenoxy) is 1. The molecule has 0 radical (unpaired) electrons. The minimum absolute atomic E-state index is 0.219. The summed E-state index contributed by atoms with van der Waals surface area (Å²) in [6, 6.07) is 7.60. The number of carbonyl (C=O) groups is 1. The van der Waals surface area contributed by atoms with Gasteiger partial charge in [0.15, 0.2) is 0 Å². The van der Waals surface area contributed by atoms with Crippen LogP contribution in [0.3, 0.4) is 0 Å². The summed E-state index contributed by atoms with van der Waals surface area (Å²) in [5.74, 6) is 0.346. The zero-order valence-corrected chi connectivity index (χ0v) is 10.3. The molecule has 0 aliphatic heterocycles. The van der Waals surface area contributed by atoms with Crippen molar-refractivity contribution in [2.75, 3.05) is 6.61 Å². The van der Waals surface area contributed by atoms with Crippen molar-refractivity contribution in [2.24, 2.45) is 5.92 Å². The van der Waals surface area contributed by atoms with Crippen LogP contribution in [0.1, 0.15) is 43.1 Å². The SMILES string of the molecule is CCc1ccc(C(=O)OCCC(C)C)cc1. The molecule has 2 nitrogen and oxygen atoms in total. The molecule has 0 aliphatic carbocycles. The lowest BCUT2D eigenvalue weighted by Crippen LogP contribution is -2.08. The molecule has 0 amide bonds. The summed E-state index contributed by atoms with van der Waals surface area (Å²) in [7, 11) is 0. The first-order valence-electron chi connectivity index (χ1n) is 5.89. The van der Waals surface area contributed by atoms with Crippen molar-refractivity contribution in [3.63, 3.8) is 0 Å². The third-order valence-electron chi connectivity index (χ3n) is 2.53. The van der Waals surface area contributed by atoms with Gasteiger partial charge in [0.25, 0.3) is 0 Å². The van der Waals surface area contributed by atoms with Crippen molar-refractivity contribution in [2.45, 2.75) is 33.6 Å². The van der Waals surface area contributed by atoms with Crippen LogP contribution in [0.15, 0.2) is 24.3 Å². The molecule has 16 heavy (non-hydrogen) atoms. The predicted octanol–water partition coefficient (Wildman–Crippen LogP) is 3.45. The second kappa shape index (κ2) is 6.31. The van der Waals surface area contributed by atoms with Crippen molar-refractivity contribution in [1.82, 2.24) is 0 Å². The first kappa shape index (κ1) is 12.8. The minimum Gasteiger partial charge on any atom is -0.462 e. The van der Waals surface area contributed by atoms with Gasteiger partial charge >= 0.3 is 5.97 Å². The van der Waals surface area contributed by atoms with E-state index >= 15 is 0 Å². The minimum atomic E-state index is -0.219. The van der Waals surface area contributed by atoms with Crippen LogP contribution in [0, 0.1) is 5.92 Å². The lowest BCUT2D eigenvalue weighted by Gasteiger charge is -2.07. The van der Waals surface area contributed by atoms with Gasteiger partial charge in [-0.25, -0.2) is 4.79 Å². The topological polar surface area (TPSA) is 26.3 Å². The number of carbonyl (C=O) groups excluding carboxylic acids is 1. The van der Waals surface area contributed by atoms with Crippen LogP contribution in [0.4, 0.5) is 0 Å². The van der Waals surface area contributed by atoms with Gasteiger partial charge in [-0.2, -0.15) is 0 Å². The molecule has 2 heteroatoms. The van der Waals surface area contributed by atoms with Crippen LogP contribution in [0.5, 0.6) is 0 Å². The average Bonchev–Trinajstić information content (AvgIpc) is 2.28. The maximum atomic E-state index is 11.6. The zero-order chi connectivity index (χ0) is 12.0. The fourth-order valence-corrected chi connectivity index (χ4v) is 1.35. The van der Waals surface area contributed by atoms with E-state index in [0.29, 0.717) is 18.1 Å². The van der Waals surface area contributed by atoms with Gasteiger partial charge in [0.1, 0.15) is 0 Å². The fourth-order valence-electron chi connectivity index (χ4n) is 1.35. The highest BCUT2D eigenvalue weighted by Gasteiger charge is 2.06. The summed E-state index contributed by atoms with van der Waals surface area (Å²) in [4.78, 5) is 11.6. The molecular formula is C14H20O2. The van der Waals surface area contributed by atoms with E-state index in [1.807, 2.05) is 24.3 Å². The lowest BCUT2D eigenvalue weighted by atomic mass is 10.1. The number of esters is 1. The number of benzene rings is 1. The predicted molar refractivity (Wildman–Crippen MR) is 65.6 cm³/mol. The van der Waals surface area contributed by atoms with Crippen molar-refractivity contribution >= 4 is 5.97 Å². The molecule has 1 aromatic carbocycles. The van der Waals surface area contributed by atoms with Crippen molar-refractivity contribution < 1.29 is 9.53 Å². The van der Waals surface area contributed by atoms with Gasteiger partial charge in [0.2, 0.25) is 0 Å². The van der Waals surface area contributed by atoms with Gasteiger partial charge in [0.05, 0.1) is 12.2 Å². The molecule has 1 rings (SSSR count). The van der Waals surface area contributed by atoms with E-state index in [1.54, 1.807) is 0 Å². The molecule has 0 bridgehead atoms. The number of hydrogen-bond acceptors (Lipinski definition) is 2. The van der Waals surface area contributed by atoms with E-state index in [0.717, 1.165) is 12.8 Å². The highest BCUT2D eigenvalue weighted by atomic mass is 16.5. The molecule has 0 fully saturated rings. The Balaban J connectivity index is 2.46. The molecule has 0 spiro atoms. The van der Waals surface area contributed by atoms with E-state index in [9.17, 15) is 4.79 Å². The standard InChI is InChI=1S/C14H20O2/c1-4-12-5-7-13(8-6-12)14(15)16-10-9-11(2)3/h5-8,11H,4,9-10H2,1-3H3. The van der Waals surface area contributed by atoms with Crippen LogP contribution in [-0.4, -0.2) is 12.6 Å². The Hall–Kier alpha value is -1.31. The van der Waals surface area contributed by atoms with E-state index in [2.05, 4.69) is 20.8 Å². The van der Waals surface area contributed by atoms with Crippen molar-refractivity contribution in [1.29, 1.82) is 0 Å². The van der Waals surface area contributed by atoms with Gasteiger partial charge in [-0.3, -0.25) is 0 Å². The normalized spacial score (nSPS) is 10.5. The summed E-state index contributed by atoms with van der Waals surface area (Å²) in [5, 5.41) is 0. The van der Waals surface area contributed by atoms with E-state index in [4.69, 9.17) is 4.74 Å². The van der Waals surface area contributed by atoms with Gasteiger partial charge in [-0.05, 0) is 36.5 Å². The molecular weight excluding hydrogens is 200 g/mol. The molecule has 0 saturated carbocycles. The summed E-state index contributed by atoms with van der Waals surface area (Å²) in [6.07, 6.45) is 1.90. The van der Waals surface area contributed by atoms with Crippen LogP contribution >= 0.6 is 0 Å². The highest BCUT2D eigenvalue weighted by Crippen LogP contribution is 2.07. The molecule has 0 aliphatic rings. The Morgan fingerprint density at radius 3 is 2.38 bits per heavy atom. The monoisotopic (exact) mass is 220 g/mol. The van der Waals surface area contributed by atoms with Crippen LogP contribution in [0.2, 0.25) is 0 Å². The molecule has 0 heterocycles. The number of hydrogen-bond donors (Lipinski definition) is 0. The fraction of sp³-hybridized carbons (Fsp3) is 0.500. The molecule has 0 saturated heterocycles. The Bertz CT molecular complexity index is 325. The summed E-state index contributed by atoms with van der Waals surface area (Å²) < 4.78 is 5.17. The largest absolute Gasteiger partial charge is 0.462 e. The average molecular weight is 220 g/mol. The molecule has 0 unspecified atom stereocenters. The highest BCUT2D eigenvalue weighted by molar-refractivity contribution is 5.89. The summed E-state index contributed by atoms with van der Waals surface area (Å²) in [5.41, 5.74) is 1.87. The van der Waals surface area contributed by atoms with Gasteiger partial charge in [-0.1, -0.05) is 32.9 Å². The molecule has 0 atom stereocenters. The summed E-state index contributed by atoms with van der Waals surface area (Å²) in [6.45, 7) is 6.83. The zero-order valence-electron chi connectivity index (χ0n) is 10.3. The first-order chi connectivity index (χ1) is 7.63.